The number of aliphatic imine (C=N–C) groups is 1. The van der Waals surface area contributed by atoms with Crippen molar-refractivity contribution in [3.8, 4) is 0 Å². The highest BCUT2D eigenvalue weighted by atomic mass is 32.2. The molecule has 12 heteroatoms. The van der Waals surface area contributed by atoms with E-state index in [1.54, 1.807) is 24.0 Å². The molecule has 11 nitrogen and oxygen atoms in total. The fourth-order valence-electron chi connectivity index (χ4n) is 4.54. The number of hydrogen-bond acceptors (Lipinski definition) is 7. The third-order valence-corrected chi connectivity index (χ3v) is 8.08. The van der Waals surface area contributed by atoms with Crippen molar-refractivity contribution < 1.29 is 22.7 Å². The summed E-state index contributed by atoms with van der Waals surface area (Å²) in [6.07, 6.45) is 4.13. The van der Waals surface area contributed by atoms with Crippen LogP contribution < -0.4 is 21.5 Å². The normalized spacial score (nSPS) is 17.0. The Morgan fingerprint density at radius 1 is 1.28 bits per heavy atom. The van der Waals surface area contributed by atoms with E-state index >= 15 is 0 Å². The fraction of sp³-hybridized carbons (Fsp3) is 0.625. The van der Waals surface area contributed by atoms with Crippen LogP contribution in [0.5, 0.6) is 0 Å². The number of piperidine rings is 1. The van der Waals surface area contributed by atoms with Gasteiger partial charge in [-0.15, -0.1) is 0 Å². The summed E-state index contributed by atoms with van der Waals surface area (Å²) in [6.45, 7) is 4.03. The maximum Gasteiger partial charge on any atom is 0.305 e. The molecular formula is C24H38N6O5S. The number of benzene rings is 1. The van der Waals surface area contributed by atoms with Gasteiger partial charge in [0.05, 0.1) is 12.3 Å². The third-order valence-electron chi connectivity index (χ3n) is 6.56. The van der Waals surface area contributed by atoms with Crippen LogP contribution in [-0.2, 0) is 30.8 Å². The Labute approximate surface area is 213 Å². The zero-order valence-corrected chi connectivity index (χ0v) is 21.7. The summed E-state index contributed by atoms with van der Waals surface area (Å²) < 4.78 is 34.8. The van der Waals surface area contributed by atoms with E-state index in [2.05, 4.69) is 15.0 Å². The molecule has 3 rings (SSSR count). The van der Waals surface area contributed by atoms with Crippen LogP contribution in [0.1, 0.15) is 51.0 Å². The number of carbonyl (C=O) groups excluding carboxylic acids is 2. The summed E-state index contributed by atoms with van der Waals surface area (Å²) in [4.78, 5) is 30.7. The lowest BCUT2D eigenvalue weighted by Gasteiger charge is -2.34. The minimum absolute atomic E-state index is 0.0497. The van der Waals surface area contributed by atoms with E-state index in [0.29, 0.717) is 64.2 Å². The third kappa shape index (κ3) is 7.57. The molecule has 6 N–H and O–H groups in total. The number of esters is 1. The van der Waals surface area contributed by atoms with Crippen molar-refractivity contribution in [1.82, 2.24) is 9.62 Å². The van der Waals surface area contributed by atoms with E-state index in [9.17, 15) is 18.0 Å². The van der Waals surface area contributed by atoms with Gasteiger partial charge in [-0.25, -0.2) is 8.42 Å². The zero-order chi connectivity index (χ0) is 26.1. The Bertz CT molecular complexity index is 1050. The van der Waals surface area contributed by atoms with Crippen LogP contribution in [0.25, 0.3) is 0 Å². The molecule has 1 unspecified atom stereocenters. The number of guanidine groups is 1. The Hall–Kier alpha value is -2.86. The van der Waals surface area contributed by atoms with Gasteiger partial charge in [0.25, 0.3) is 0 Å². The molecule has 0 bridgehead atoms. The van der Waals surface area contributed by atoms with Gasteiger partial charge >= 0.3 is 5.97 Å². The van der Waals surface area contributed by atoms with Crippen molar-refractivity contribution in [3.63, 3.8) is 0 Å². The molecule has 2 heterocycles. The van der Waals surface area contributed by atoms with Crippen molar-refractivity contribution in [2.24, 2.45) is 22.4 Å². The number of fused-ring (bicyclic) bond motifs is 1. The van der Waals surface area contributed by atoms with Gasteiger partial charge in [-0.1, -0.05) is 19.1 Å². The van der Waals surface area contributed by atoms with Crippen LogP contribution in [0, 0.1) is 5.92 Å². The molecule has 1 saturated heterocycles. The van der Waals surface area contributed by atoms with Gasteiger partial charge in [-0.2, -0.15) is 4.72 Å². The molecule has 1 aromatic carbocycles. The number of ether oxygens (including phenoxy) is 1. The molecule has 1 amide bonds. The van der Waals surface area contributed by atoms with Gasteiger partial charge in [0, 0.05) is 32.6 Å². The van der Waals surface area contributed by atoms with Crippen LogP contribution in [-0.4, -0.2) is 70.0 Å². The standard InChI is InChI=1S/C24H38N6O5S/c1-2-21(31)35-16-17-10-14-30(15-11-17)23(32)19(8-5-13-28-24(25)26)29-36(33,34)20-9-3-6-18-7-4-12-27-22(18)20/h3,6,9,17,19,27,29H,2,4-5,7-8,10-16H2,1H3,(H4,25,26,28). The number of hydrogen-bond donors (Lipinski definition) is 4. The SMILES string of the molecule is CCC(=O)OCC1CCN(C(=O)C(CCCN=C(N)N)NS(=O)(=O)c2cccc3c2NCCC3)CC1. The van der Waals surface area contributed by atoms with Gasteiger partial charge in [0.15, 0.2) is 5.96 Å². The highest BCUT2D eigenvalue weighted by molar-refractivity contribution is 7.89. The molecule has 1 atom stereocenters. The highest BCUT2D eigenvalue weighted by Crippen LogP contribution is 2.30. The van der Waals surface area contributed by atoms with E-state index in [1.165, 1.54) is 0 Å². The maximum atomic E-state index is 13.5. The van der Waals surface area contributed by atoms with E-state index < -0.39 is 16.1 Å². The first-order valence-electron chi connectivity index (χ1n) is 12.6. The van der Waals surface area contributed by atoms with Crippen molar-refractivity contribution in [2.45, 2.75) is 62.8 Å². The average Bonchev–Trinajstić information content (AvgIpc) is 2.88. The van der Waals surface area contributed by atoms with Crippen LogP contribution in [0.2, 0.25) is 0 Å². The van der Waals surface area contributed by atoms with Crippen LogP contribution in [0.4, 0.5) is 5.69 Å². The second-order valence-electron chi connectivity index (χ2n) is 9.25. The Morgan fingerprint density at radius 3 is 2.72 bits per heavy atom. The van der Waals surface area contributed by atoms with Crippen LogP contribution >= 0.6 is 0 Å². The number of nitrogens with one attached hydrogen (secondary N) is 2. The van der Waals surface area contributed by atoms with Gasteiger partial charge in [-0.3, -0.25) is 14.6 Å². The lowest BCUT2D eigenvalue weighted by Crippen LogP contribution is -2.51. The van der Waals surface area contributed by atoms with Crippen molar-refractivity contribution in [2.75, 3.05) is 38.1 Å². The second kappa shape index (κ2) is 12.9. The molecule has 1 aromatic rings. The smallest absolute Gasteiger partial charge is 0.305 e. The molecule has 36 heavy (non-hydrogen) atoms. The summed E-state index contributed by atoms with van der Waals surface area (Å²) in [6, 6.07) is 4.26. The van der Waals surface area contributed by atoms with Gasteiger partial charge in [0.2, 0.25) is 15.9 Å². The Morgan fingerprint density at radius 2 is 2.03 bits per heavy atom. The number of carbonyl (C=O) groups is 2. The number of sulfonamides is 1. The minimum atomic E-state index is -3.97. The number of rotatable bonds is 11. The molecule has 0 aliphatic carbocycles. The number of para-hydroxylation sites is 1. The molecule has 0 aromatic heterocycles. The van der Waals surface area contributed by atoms with Crippen LogP contribution in [0.3, 0.4) is 0 Å². The number of amides is 1. The van der Waals surface area contributed by atoms with E-state index in [0.717, 1.165) is 18.4 Å². The predicted octanol–water partition coefficient (Wildman–Crippen LogP) is 0.937. The predicted molar refractivity (Wildman–Crippen MR) is 138 cm³/mol. The summed E-state index contributed by atoms with van der Waals surface area (Å²) in [5.74, 6) is -0.374. The number of anilines is 1. The number of nitrogens with zero attached hydrogens (tertiary/aromatic N) is 2. The topological polar surface area (TPSA) is 169 Å². The first kappa shape index (κ1) is 27.7. The molecule has 1 fully saturated rings. The Kier molecular flexibility index (Phi) is 9.94. The van der Waals surface area contributed by atoms with E-state index in [-0.39, 0.29) is 35.1 Å². The summed E-state index contributed by atoms with van der Waals surface area (Å²) in [5, 5.41) is 3.20. The van der Waals surface area contributed by atoms with E-state index in [4.69, 9.17) is 16.2 Å². The maximum absolute atomic E-state index is 13.5. The molecule has 0 spiro atoms. The summed E-state index contributed by atoms with van der Waals surface area (Å²) in [7, 11) is -3.97. The van der Waals surface area contributed by atoms with E-state index in [1.807, 2.05) is 6.07 Å². The second-order valence-corrected chi connectivity index (χ2v) is 10.9. The number of nitrogens with two attached hydrogens (primary N) is 2. The quantitative estimate of drug-likeness (QED) is 0.144. The molecule has 0 radical (unpaired) electrons. The highest BCUT2D eigenvalue weighted by Gasteiger charge is 2.33. The van der Waals surface area contributed by atoms with Crippen molar-refractivity contribution in [3.05, 3.63) is 23.8 Å². The van der Waals surface area contributed by atoms with Gasteiger partial charge in [0.1, 0.15) is 10.9 Å². The molecule has 2 aliphatic heterocycles. The molecule has 200 valence electrons. The minimum Gasteiger partial charge on any atom is -0.465 e. The average molecular weight is 523 g/mol. The van der Waals surface area contributed by atoms with Gasteiger partial charge in [-0.05, 0) is 56.1 Å². The number of aryl methyl sites for hydroxylation is 1. The fourth-order valence-corrected chi connectivity index (χ4v) is 5.99. The van der Waals surface area contributed by atoms with Crippen molar-refractivity contribution >= 4 is 33.5 Å². The monoisotopic (exact) mass is 522 g/mol. The molecular weight excluding hydrogens is 484 g/mol. The lowest BCUT2D eigenvalue weighted by atomic mass is 9.97. The lowest BCUT2D eigenvalue weighted by molar-refractivity contribution is -0.146. The largest absolute Gasteiger partial charge is 0.465 e. The molecule has 2 aliphatic rings. The first-order chi connectivity index (χ1) is 17.2. The zero-order valence-electron chi connectivity index (χ0n) is 20.9. The number of likely N-dealkylation sites (tertiary alicyclic amines) is 1. The summed E-state index contributed by atoms with van der Waals surface area (Å²) >= 11 is 0. The van der Waals surface area contributed by atoms with Gasteiger partial charge < -0.3 is 26.4 Å². The van der Waals surface area contributed by atoms with Crippen LogP contribution in [0.15, 0.2) is 28.1 Å². The Balaban J connectivity index is 1.71. The first-order valence-corrected chi connectivity index (χ1v) is 14.1. The summed E-state index contributed by atoms with van der Waals surface area (Å²) in [5.41, 5.74) is 12.3. The molecule has 0 saturated carbocycles. The van der Waals surface area contributed by atoms with Crippen molar-refractivity contribution in [1.29, 1.82) is 0 Å².